The molecular weight excluding hydrogens is 455 g/mol. The van der Waals surface area contributed by atoms with Gasteiger partial charge in [-0.1, -0.05) is 29.3 Å². The Bertz CT molecular complexity index is 1010. The first-order valence-corrected chi connectivity index (χ1v) is 12.3. The van der Waals surface area contributed by atoms with E-state index in [4.69, 9.17) is 27.9 Å². The van der Waals surface area contributed by atoms with Crippen LogP contribution in [-0.2, 0) is 21.3 Å². The van der Waals surface area contributed by atoms with Crippen LogP contribution in [0.3, 0.4) is 0 Å². The molecule has 1 fully saturated rings. The third-order valence-corrected chi connectivity index (χ3v) is 7.26. The second kappa shape index (κ2) is 9.68. The highest BCUT2D eigenvalue weighted by Crippen LogP contribution is 2.26. The van der Waals surface area contributed by atoms with Crippen LogP contribution in [-0.4, -0.2) is 51.8 Å². The molecule has 0 aliphatic carbocycles. The van der Waals surface area contributed by atoms with E-state index in [0.29, 0.717) is 47.5 Å². The first-order chi connectivity index (χ1) is 13.8. The van der Waals surface area contributed by atoms with Crippen LogP contribution in [0.2, 0.25) is 10.0 Å². The van der Waals surface area contributed by atoms with Crippen LogP contribution in [0.15, 0.2) is 46.2 Å². The number of ether oxygens (including phenoxy) is 1. The number of hydrogen-bond acceptors (Lipinski definition) is 5. The molecule has 1 saturated heterocycles. The topological polar surface area (TPSA) is 75.7 Å². The van der Waals surface area contributed by atoms with Gasteiger partial charge in [-0.05, 0) is 42.2 Å². The van der Waals surface area contributed by atoms with Crippen molar-refractivity contribution in [1.29, 1.82) is 0 Å². The van der Waals surface area contributed by atoms with Gasteiger partial charge in [0.05, 0.1) is 23.7 Å². The lowest BCUT2D eigenvalue weighted by Gasteiger charge is -2.27. The van der Waals surface area contributed by atoms with Crippen molar-refractivity contribution >= 4 is 50.9 Å². The minimum absolute atomic E-state index is 0.00928. The van der Waals surface area contributed by atoms with Crippen molar-refractivity contribution in [2.45, 2.75) is 16.3 Å². The molecule has 0 radical (unpaired) electrons. The average Bonchev–Trinajstić information content (AvgIpc) is 2.72. The Kier molecular flexibility index (Phi) is 7.47. The predicted molar refractivity (Wildman–Crippen MR) is 115 cm³/mol. The number of rotatable bonds is 6. The molecule has 156 valence electrons. The second-order valence-corrected chi connectivity index (χ2v) is 9.79. The summed E-state index contributed by atoms with van der Waals surface area (Å²) in [5.74, 6) is -0.199. The monoisotopic (exact) mass is 474 g/mol. The molecule has 29 heavy (non-hydrogen) atoms. The molecule has 6 nitrogen and oxygen atoms in total. The minimum atomic E-state index is -3.84. The van der Waals surface area contributed by atoms with Gasteiger partial charge >= 0.3 is 0 Å². The van der Waals surface area contributed by atoms with Crippen molar-refractivity contribution in [3.8, 4) is 0 Å². The summed E-state index contributed by atoms with van der Waals surface area (Å²) in [4.78, 5) is 15.4. The normalized spacial score (nSPS) is 14.8. The number of nitrogens with one attached hydrogen (secondary N) is 1. The fraction of sp³-hybridized carbons (Fsp3) is 0.316. The van der Waals surface area contributed by atoms with Gasteiger partial charge in [0.2, 0.25) is 10.0 Å². The van der Waals surface area contributed by atoms with Crippen LogP contribution in [0, 0.1) is 0 Å². The maximum Gasteiger partial charge on any atom is 0.255 e. The molecule has 0 spiro atoms. The minimum Gasteiger partial charge on any atom is -0.378 e. The molecule has 0 unspecified atom stereocenters. The number of benzene rings is 2. The highest BCUT2D eigenvalue weighted by molar-refractivity contribution is 7.98. The van der Waals surface area contributed by atoms with Crippen LogP contribution in [0.4, 0.5) is 0 Å². The molecule has 1 N–H and O–H groups in total. The molecule has 0 saturated carbocycles. The van der Waals surface area contributed by atoms with Gasteiger partial charge in [-0.15, -0.1) is 11.8 Å². The van der Waals surface area contributed by atoms with Gasteiger partial charge < -0.3 is 9.64 Å². The van der Waals surface area contributed by atoms with Gasteiger partial charge in [-0.3, -0.25) is 4.79 Å². The zero-order valence-corrected chi connectivity index (χ0v) is 18.8. The Balaban J connectivity index is 1.84. The lowest BCUT2D eigenvalue weighted by molar-refractivity contribution is 0.0300. The van der Waals surface area contributed by atoms with Crippen LogP contribution in [0.25, 0.3) is 0 Å². The molecule has 2 aromatic carbocycles. The van der Waals surface area contributed by atoms with E-state index >= 15 is 0 Å². The van der Waals surface area contributed by atoms with Gasteiger partial charge in [0.15, 0.2) is 0 Å². The molecule has 1 amide bonds. The van der Waals surface area contributed by atoms with Crippen LogP contribution in [0.5, 0.6) is 0 Å². The third kappa shape index (κ3) is 5.45. The predicted octanol–water partition coefficient (Wildman–Crippen LogP) is 3.67. The molecule has 3 rings (SSSR count). The smallest absolute Gasteiger partial charge is 0.255 e. The second-order valence-electron chi connectivity index (χ2n) is 6.33. The Labute approximate surface area is 184 Å². The standard InChI is InChI=1S/C19H20Cl2N2O4S2/c1-28-18-5-4-15(11-16(18)19(24)23-6-8-27-9-7-23)29(25,26)22-12-13-2-3-14(20)10-17(13)21/h2-5,10-11,22H,6-9,12H2,1H3. The van der Waals surface area contributed by atoms with Crippen molar-refractivity contribution in [3.05, 3.63) is 57.6 Å². The molecule has 0 atom stereocenters. The lowest BCUT2D eigenvalue weighted by Crippen LogP contribution is -2.41. The van der Waals surface area contributed by atoms with E-state index in [1.54, 1.807) is 29.2 Å². The first kappa shape index (κ1) is 22.4. The summed E-state index contributed by atoms with van der Waals surface area (Å²) in [5, 5.41) is 0.849. The molecular formula is C19H20Cl2N2O4S2. The Morgan fingerprint density at radius 1 is 1.17 bits per heavy atom. The van der Waals surface area contributed by atoms with Crippen LogP contribution < -0.4 is 4.72 Å². The summed E-state index contributed by atoms with van der Waals surface area (Å²) in [6, 6.07) is 9.44. The van der Waals surface area contributed by atoms with E-state index in [9.17, 15) is 13.2 Å². The first-order valence-electron chi connectivity index (χ1n) is 8.80. The summed E-state index contributed by atoms with van der Waals surface area (Å²) in [6.07, 6.45) is 1.85. The SMILES string of the molecule is CSc1ccc(S(=O)(=O)NCc2ccc(Cl)cc2Cl)cc1C(=O)N1CCOCC1. The fourth-order valence-corrected chi connectivity index (χ4v) is 4.96. The zero-order chi connectivity index (χ0) is 21.0. The lowest BCUT2D eigenvalue weighted by atomic mass is 10.2. The van der Waals surface area contributed by atoms with Crippen LogP contribution >= 0.6 is 35.0 Å². The van der Waals surface area contributed by atoms with Gasteiger partial charge in [0.1, 0.15) is 0 Å². The number of nitrogens with zero attached hydrogens (tertiary/aromatic N) is 1. The number of sulfonamides is 1. The molecule has 0 aromatic heterocycles. The van der Waals surface area contributed by atoms with E-state index in [2.05, 4.69) is 4.72 Å². The highest BCUT2D eigenvalue weighted by atomic mass is 35.5. The van der Waals surface area contributed by atoms with Crippen molar-refractivity contribution < 1.29 is 17.9 Å². The quantitative estimate of drug-likeness (QED) is 0.646. The number of carbonyl (C=O) groups excluding carboxylic acids is 1. The Morgan fingerprint density at radius 3 is 2.55 bits per heavy atom. The molecule has 1 aliphatic rings. The van der Waals surface area contributed by atoms with Crippen molar-refractivity contribution in [2.24, 2.45) is 0 Å². The molecule has 2 aromatic rings. The van der Waals surface area contributed by atoms with Gasteiger partial charge in [-0.2, -0.15) is 0 Å². The van der Waals surface area contributed by atoms with E-state index in [1.807, 2.05) is 6.26 Å². The van der Waals surface area contributed by atoms with E-state index in [1.165, 1.54) is 23.9 Å². The summed E-state index contributed by atoms with van der Waals surface area (Å²) >= 11 is 13.4. The number of halogens is 2. The van der Waals surface area contributed by atoms with E-state index < -0.39 is 10.0 Å². The number of thioether (sulfide) groups is 1. The number of hydrogen-bond donors (Lipinski definition) is 1. The number of carbonyl (C=O) groups is 1. The van der Waals surface area contributed by atoms with Crippen molar-refractivity contribution in [3.63, 3.8) is 0 Å². The Morgan fingerprint density at radius 2 is 1.90 bits per heavy atom. The van der Waals surface area contributed by atoms with Gasteiger partial charge in [0.25, 0.3) is 5.91 Å². The maximum absolute atomic E-state index is 12.9. The summed E-state index contributed by atoms with van der Waals surface area (Å²) in [7, 11) is -3.84. The third-order valence-electron chi connectivity index (χ3n) is 4.48. The average molecular weight is 475 g/mol. The molecule has 1 aliphatic heterocycles. The van der Waals surface area contributed by atoms with Crippen molar-refractivity contribution in [2.75, 3.05) is 32.6 Å². The number of amides is 1. The Hall–Kier alpha value is -1.29. The summed E-state index contributed by atoms with van der Waals surface area (Å²) in [5.41, 5.74) is 0.969. The highest BCUT2D eigenvalue weighted by Gasteiger charge is 2.24. The molecule has 0 bridgehead atoms. The van der Waals surface area contributed by atoms with Gasteiger partial charge in [0, 0.05) is 34.6 Å². The van der Waals surface area contributed by atoms with Gasteiger partial charge in [-0.25, -0.2) is 13.1 Å². The van der Waals surface area contributed by atoms with Crippen LogP contribution in [0.1, 0.15) is 15.9 Å². The summed E-state index contributed by atoms with van der Waals surface area (Å²) in [6.45, 7) is 1.92. The summed E-state index contributed by atoms with van der Waals surface area (Å²) < 4.78 is 33.4. The largest absolute Gasteiger partial charge is 0.378 e. The molecule has 1 heterocycles. The number of morpholine rings is 1. The van der Waals surface area contributed by atoms with Crippen molar-refractivity contribution in [1.82, 2.24) is 9.62 Å². The van der Waals surface area contributed by atoms with E-state index in [0.717, 1.165) is 4.90 Å². The molecule has 10 heteroatoms. The fourth-order valence-electron chi connectivity index (χ4n) is 2.88. The maximum atomic E-state index is 12.9. The zero-order valence-electron chi connectivity index (χ0n) is 15.7. The van der Waals surface area contributed by atoms with E-state index in [-0.39, 0.29) is 17.3 Å².